The van der Waals surface area contributed by atoms with Crippen molar-refractivity contribution in [2.24, 2.45) is 0 Å². The predicted octanol–water partition coefficient (Wildman–Crippen LogP) is 2.45. The van der Waals surface area contributed by atoms with Crippen LogP contribution in [-0.2, 0) is 10.0 Å². The number of hydrogen-bond donors (Lipinski definition) is 0. The molecule has 0 saturated carbocycles. The number of nitrogens with zero attached hydrogens (tertiary/aromatic N) is 1. The Balaban J connectivity index is 2.32. The Morgan fingerprint density at radius 2 is 2.19 bits per heavy atom. The highest BCUT2D eigenvalue weighted by molar-refractivity contribution is 9.10. The molecule has 1 aliphatic heterocycles. The summed E-state index contributed by atoms with van der Waals surface area (Å²) in [7, 11) is -3.38. The average Bonchev–Trinajstić information content (AvgIpc) is 2.65. The third-order valence-corrected chi connectivity index (χ3v) is 5.24. The zero-order valence-electron chi connectivity index (χ0n) is 8.44. The van der Waals surface area contributed by atoms with Gasteiger partial charge in [-0.2, -0.15) is 4.31 Å². The van der Waals surface area contributed by atoms with Crippen LogP contribution >= 0.6 is 27.5 Å². The van der Waals surface area contributed by atoms with E-state index in [1.165, 1.54) is 4.31 Å². The first-order valence-corrected chi connectivity index (χ1v) is 7.57. The quantitative estimate of drug-likeness (QED) is 0.784. The molecular weight excluding hydrogens is 314 g/mol. The fourth-order valence-corrected chi connectivity index (χ4v) is 4.13. The van der Waals surface area contributed by atoms with E-state index in [4.69, 9.17) is 11.6 Å². The molecule has 0 aliphatic carbocycles. The standard InChI is InChI=1S/C10H11BrClNO2S/c11-8-2-1-3-10(6-8)16(14,15)13-5-4-9(12)7-13/h1-3,6,9H,4-5,7H2. The van der Waals surface area contributed by atoms with E-state index in [9.17, 15) is 8.42 Å². The number of benzene rings is 1. The maximum absolute atomic E-state index is 12.2. The molecule has 1 aromatic carbocycles. The van der Waals surface area contributed by atoms with Crippen LogP contribution < -0.4 is 0 Å². The van der Waals surface area contributed by atoms with Crippen LogP contribution in [0.15, 0.2) is 33.6 Å². The minimum absolute atomic E-state index is 0.0677. The monoisotopic (exact) mass is 323 g/mol. The summed E-state index contributed by atoms with van der Waals surface area (Å²) in [4.78, 5) is 0.313. The molecule has 1 saturated heterocycles. The van der Waals surface area contributed by atoms with Crippen LogP contribution in [0.5, 0.6) is 0 Å². The van der Waals surface area contributed by atoms with Gasteiger partial charge in [0.1, 0.15) is 0 Å². The second-order valence-electron chi connectivity index (χ2n) is 3.71. The molecule has 88 valence electrons. The summed E-state index contributed by atoms with van der Waals surface area (Å²) >= 11 is 9.18. The first-order valence-electron chi connectivity index (χ1n) is 4.90. The number of alkyl halides is 1. The molecule has 0 N–H and O–H groups in total. The summed E-state index contributed by atoms with van der Waals surface area (Å²) in [5.41, 5.74) is 0. The van der Waals surface area contributed by atoms with Gasteiger partial charge in [-0.3, -0.25) is 0 Å². The molecule has 1 atom stereocenters. The third kappa shape index (κ3) is 2.42. The van der Waals surface area contributed by atoms with Gasteiger partial charge >= 0.3 is 0 Å². The summed E-state index contributed by atoms with van der Waals surface area (Å²) in [5.74, 6) is 0. The van der Waals surface area contributed by atoms with Crippen molar-refractivity contribution in [2.75, 3.05) is 13.1 Å². The lowest BCUT2D eigenvalue weighted by Gasteiger charge is -2.15. The number of sulfonamides is 1. The topological polar surface area (TPSA) is 37.4 Å². The maximum Gasteiger partial charge on any atom is 0.243 e. The van der Waals surface area contributed by atoms with Gasteiger partial charge in [0.2, 0.25) is 10.0 Å². The van der Waals surface area contributed by atoms with Crippen molar-refractivity contribution in [2.45, 2.75) is 16.7 Å². The van der Waals surface area contributed by atoms with Crippen molar-refractivity contribution in [3.63, 3.8) is 0 Å². The van der Waals surface area contributed by atoms with Crippen LogP contribution in [0.2, 0.25) is 0 Å². The van der Waals surface area contributed by atoms with Gasteiger partial charge in [-0.05, 0) is 24.6 Å². The van der Waals surface area contributed by atoms with Gasteiger partial charge in [-0.15, -0.1) is 11.6 Å². The minimum Gasteiger partial charge on any atom is -0.207 e. The highest BCUT2D eigenvalue weighted by Gasteiger charge is 2.31. The first-order chi connectivity index (χ1) is 7.50. The maximum atomic E-state index is 12.2. The zero-order valence-corrected chi connectivity index (χ0v) is 11.6. The van der Waals surface area contributed by atoms with Gasteiger partial charge in [0.05, 0.1) is 4.90 Å². The molecular formula is C10H11BrClNO2S. The molecule has 0 amide bonds. The van der Waals surface area contributed by atoms with Crippen molar-refractivity contribution in [1.82, 2.24) is 4.31 Å². The van der Waals surface area contributed by atoms with Crippen LogP contribution in [0.1, 0.15) is 6.42 Å². The van der Waals surface area contributed by atoms with Gasteiger partial charge < -0.3 is 0 Å². The molecule has 0 bridgehead atoms. The molecule has 16 heavy (non-hydrogen) atoms. The molecule has 1 fully saturated rings. The highest BCUT2D eigenvalue weighted by atomic mass is 79.9. The fraction of sp³-hybridized carbons (Fsp3) is 0.400. The summed E-state index contributed by atoms with van der Waals surface area (Å²) in [6.45, 7) is 0.902. The van der Waals surface area contributed by atoms with E-state index < -0.39 is 10.0 Å². The van der Waals surface area contributed by atoms with Crippen LogP contribution in [0.3, 0.4) is 0 Å². The second kappa shape index (κ2) is 4.64. The number of hydrogen-bond acceptors (Lipinski definition) is 2. The molecule has 0 spiro atoms. The van der Waals surface area contributed by atoms with E-state index in [0.717, 1.165) is 10.9 Å². The van der Waals surface area contributed by atoms with Gasteiger partial charge in [-0.1, -0.05) is 22.0 Å². The van der Waals surface area contributed by atoms with E-state index in [1.807, 2.05) is 0 Å². The molecule has 2 rings (SSSR count). The van der Waals surface area contributed by atoms with Crippen LogP contribution in [0, 0.1) is 0 Å². The Hall–Kier alpha value is -0.100. The zero-order chi connectivity index (χ0) is 11.8. The Kier molecular flexibility index (Phi) is 3.59. The summed E-state index contributed by atoms with van der Waals surface area (Å²) < 4.78 is 26.6. The van der Waals surface area contributed by atoms with E-state index in [0.29, 0.717) is 18.0 Å². The fourth-order valence-electron chi connectivity index (χ4n) is 1.68. The number of halogens is 2. The van der Waals surface area contributed by atoms with Gasteiger partial charge in [0.25, 0.3) is 0 Å². The molecule has 6 heteroatoms. The summed E-state index contributed by atoms with van der Waals surface area (Å²) in [5, 5.41) is -0.0677. The van der Waals surface area contributed by atoms with Crippen molar-refractivity contribution < 1.29 is 8.42 Å². The molecule has 1 heterocycles. The van der Waals surface area contributed by atoms with Crippen LogP contribution in [0.4, 0.5) is 0 Å². The molecule has 3 nitrogen and oxygen atoms in total. The SMILES string of the molecule is O=S(=O)(c1cccc(Br)c1)N1CCC(Cl)C1. The highest BCUT2D eigenvalue weighted by Crippen LogP contribution is 2.25. The Morgan fingerprint density at radius 1 is 1.44 bits per heavy atom. The Labute approximate surface area is 109 Å². The smallest absolute Gasteiger partial charge is 0.207 e. The van der Waals surface area contributed by atoms with E-state index in [-0.39, 0.29) is 5.38 Å². The Morgan fingerprint density at radius 3 is 2.75 bits per heavy atom. The summed E-state index contributed by atoms with van der Waals surface area (Å²) in [6.07, 6.45) is 0.717. The largest absolute Gasteiger partial charge is 0.243 e. The predicted molar refractivity (Wildman–Crippen MR) is 67.2 cm³/mol. The van der Waals surface area contributed by atoms with Crippen molar-refractivity contribution >= 4 is 37.6 Å². The summed E-state index contributed by atoms with van der Waals surface area (Å²) in [6, 6.07) is 6.72. The van der Waals surface area contributed by atoms with E-state index >= 15 is 0 Å². The van der Waals surface area contributed by atoms with Gasteiger partial charge in [-0.25, -0.2) is 8.42 Å². The van der Waals surface area contributed by atoms with Crippen LogP contribution in [0.25, 0.3) is 0 Å². The van der Waals surface area contributed by atoms with Gasteiger partial charge in [0, 0.05) is 22.9 Å². The van der Waals surface area contributed by atoms with Gasteiger partial charge in [0.15, 0.2) is 0 Å². The normalized spacial score (nSPS) is 22.5. The third-order valence-electron chi connectivity index (χ3n) is 2.53. The van der Waals surface area contributed by atoms with Crippen molar-refractivity contribution in [1.29, 1.82) is 0 Å². The molecule has 1 aliphatic rings. The van der Waals surface area contributed by atoms with Crippen molar-refractivity contribution in [3.05, 3.63) is 28.7 Å². The average molecular weight is 325 g/mol. The van der Waals surface area contributed by atoms with Crippen molar-refractivity contribution in [3.8, 4) is 0 Å². The second-order valence-corrected chi connectivity index (χ2v) is 7.18. The molecule has 1 aromatic rings. The lowest BCUT2D eigenvalue weighted by molar-refractivity contribution is 0.478. The first kappa shape index (κ1) is 12.4. The minimum atomic E-state index is -3.38. The lowest BCUT2D eigenvalue weighted by Crippen LogP contribution is -2.29. The molecule has 1 unspecified atom stereocenters. The lowest BCUT2D eigenvalue weighted by atomic mass is 10.4. The Bertz CT molecular complexity index is 491. The molecule has 0 aromatic heterocycles. The van der Waals surface area contributed by atoms with E-state index in [2.05, 4.69) is 15.9 Å². The number of rotatable bonds is 2. The van der Waals surface area contributed by atoms with Crippen LogP contribution in [-0.4, -0.2) is 31.2 Å². The van der Waals surface area contributed by atoms with E-state index in [1.54, 1.807) is 24.3 Å². The molecule has 0 radical (unpaired) electrons.